The van der Waals surface area contributed by atoms with E-state index in [0.29, 0.717) is 19.6 Å². The number of Topliss-reactive ketones (excluding diaryl/α,β-unsaturated/α-hetero) is 1. The molecular weight excluding hydrogens is 104 g/mol. The van der Waals surface area contributed by atoms with Crippen molar-refractivity contribution in [1.82, 2.24) is 0 Å². The molecule has 1 radical (unpaired) electrons. The van der Waals surface area contributed by atoms with E-state index in [4.69, 9.17) is 4.74 Å². The highest BCUT2D eigenvalue weighted by Crippen LogP contribution is 2.10. The van der Waals surface area contributed by atoms with Crippen LogP contribution in [0, 0.1) is 12.8 Å². The fourth-order valence-electron chi connectivity index (χ4n) is 0.757. The van der Waals surface area contributed by atoms with Gasteiger partial charge in [-0.2, -0.15) is 0 Å². The van der Waals surface area contributed by atoms with Gasteiger partial charge in [-0.05, 0) is 6.42 Å². The Morgan fingerprint density at radius 1 is 1.88 bits per heavy atom. The molecular formula is C6H9O2. The van der Waals surface area contributed by atoms with Crippen LogP contribution in [0.1, 0.15) is 6.42 Å². The molecule has 1 fully saturated rings. The summed E-state index contributed by atoms with van der Waals surface area (Å²) in [6, 6.07) is 0. The summed E-state index contributed by atoms with van der Waals surface area (Å²) in [5.41, 5.74) is 0. The molecule has 1 rings (SSSR count). The number of ether oxygens (including phenoxy) is 1. The summed E-state index contributed by atoms with van der Waals surface area (Å²) in [4.78, 5) is 10.6. The third kappa shape index (κ3) is 0.892. The van der Waals surface area contributed by atoms with Crippen LogP contribution in [0.5, 0.6) is 0 Å². The zero-order valence-corrected chi connectivity index (χ0v) is 4.72. The van der Waals surface area contributed by atoms with Crippen molar-refractivity contribution in [3.8, 4) is 0 Å². The molecule has 1 aliphatic heterocycles. The standard InChI is InChI=1S/C6H9O2/c1-2-5-3-8-4-6(5)7/h5H,1-4H2. The summed E-state index contributed by atoms with van der Waals surface area (Å²) < 4.78 is 4.87. The normalized spacial score (nSPS) is 29.1. The molecule has 1 heterocycles. The van der Waals surface area contributed by atoms with Gasteiger partial charge in [-0.1, -0.05) is 6.92 Å². The van der Waals surface area contributed by atoms with Crippen molar-refractivity contribution >= 4 is 5.78 Å². The quantitative estimate of drug-likeness (QED) is 0.492. The van der Waals surface area contributed by atoms with E-state index in [-0.39, 0.29) is 11.7 Å². The minimum Gasteiger partial charge on any atom is -0.373 e. The topological polar surface area (TPSA) is 26.3 Å². The number of hydrogen-bond donors (Lipinski definition) is 0. The predicted molar refractivity (Wildman–Crippen MR) is 29.3 cm³/mol. The summed E-state index contributed by atoms with van der Waals surface area (Å²) in [5.74, 6) is 0.301. The van der Waals surface area contributed by atoms with Gasteiger partial charge in [-0.25, -0.2) is 0 Å². The Labute approximate surface area is 48.8 Å². The predicted octanol–water partition coefficient (Wildman–Crippen LogP) is 0.426. The maximum atomic E-state index is 10.6. The SMILES string of the molecule is [CH2]CC1COCC1=O. The molecule has 1 unspecified atom stereocenters. The smallest absolute Gasteiger partial charge is 0.163 e. The van der Waals surface area contributed by atoms with Gasteiger partial charge < -0.3 is 4.74 Å². The lowest BCUT2D eigenvalue weighted by molar-refractivity contribution is -0.120. The van der Waals surface area contributed by atoms with Crippen molar-refractivity contribution in [2.45, 2.75) is 6.42 Å². The van der Waals surface area contributed by atoms with Gasteiger partial charge in [0.05, 0.1) is 6.61 Å². The molecule has 0 aliphatic carbocycles. The molecule has 1 saturated heterocycles. The van der Waals surface area contributed by atoms with Crippen LogP contribution in [-0.2, 0) is 9.53 Å². The van der Waals surface area contributed by atoms with Gasteiger partial charge in [0.15, 0.2) is 5.78 Å². The number of hydrogen-bond acceptors (Lipinski definition) is 2. The van der Waals surface area contributed by atoms with E-state index >= 15 is 0 Å². The average molecular weight is 113 g/mol. The van der Waals surface area contributed by atoms with Gasteiger partial charge in [0.2, 0.25) is 0 Å². The summed E-state index contributed by atoms with van der Waals surface area (Å²) in [6.45, 7) is 4.51. The molecule has 0 spiro atoms. The lowest BCUT2D eigenvalue weighted by atomic mass is 10.1. The van der Waals surface area contributed by atoms with Gasteiger partial charge in [-0.3, -0.25) is 4.79 Å². The summed E-state index contributed by atoms with van der Waals surface area (Å²) in [6.07, 6.45) is 0.679. The molecule has 1 aliphatic rings. The second-order valence-electron chi connectivity index (χ2n) is 1.97. The van der Waals surface area contributed by atoms with Crippen LogP contribution in [0.4, 0.5) is 0 Å². The van der Waals surface area contributed by atoms with Crippen molar-refractivity contribution in [1.29, 1.82) is 0 Å². The Bertz CT molecular complexity index is 98.7. The third-order valence-electron chi connectivity index (χ3n) is 1.37. The Morgan fingerprint density at radius 3 is 2.88 bits per heavy atom. The Hall–Kier alpha value is -0.370. The van der Waals surface area contributed by atoms with Crippen LogP contribution in [0.2, 0.25) is 0 Å². The number of rotatable bonds is 1. The number of carbonyl (C=O) groups is 1. The molecule has 45 valence electrons. The van der Waals surface area contributed by atoms with Gasteiger partial charge >= 0.3 is 0 Å². The van der Waals surface area contributed by atoms with Gasteiger partial charge in [0, 0.05) is 5.92 Å². The van der Waals surface area contributed by atoms with Crippen molar-refractivity contribution in [2.24, 2.45) is 5.92 Å². The largest absolute Gasteiger partial charge is 0.373 e. The fraction of sp³-hybridized carbons (Fsp3) is 0.667. The van der Waals surface area contributed by atoms with E-state index in [1.165, 1.54) is 0 Å². The number of ketones is 1. The molecule has 0 amide bonds. The van der Waals surface area contributed by atoms with E-state index in [1.807, 2.05) is 0 Å². The fourth-order valence-corrected chi connectivity index (χ4v) is 0.757. The highest BCUT2D eigenvalue weighted by atomic mass is 16.5. The van der Waals surface area contributed by atoms with E-state index in [0.717, 1.165) is 0 Å². The van der Waals surface area contributed by atoms with Crippen molar-refractivity contribution in [3.63, 3.8) is 0 Å². The highest BCUT2D eigenvalue weighted by molar-refractivity contribution is 5.83. The number of carbonyl (C=O) groups excluding carboxylic acids is 1. The molecule has 0 aromatic rings. The van der Waals surface area contributed by atoms with E-state index in [9.17, 15) is 4.79 Å². The van der Waals surface area contributed by atoms with Crippen LogP contribution < -0.4 is 0 Å². The lowest BCUT2D eigenvalue weighted by Gasteiger charge is -1.96. The van der Waals surface area contributed by atoms with Gasteiger partial charge in [0.1, 0.15) is 6.61 Å². The molecule has 8 heavy (non-hydrogen) atoms. The van der Waals surface area contributed by atoms with E-state index in [1.54, 1.807) is 0 Å². The first-order valence-electron chi connectivity index (χ1n) is 2.74. The Morgan fingerprint density at radius 2 is 2.62 bits per heavy atom. The Kier molecular flexibility index (Phi) is 1.63. The molecule has 0 aromatic heterocycles. The summed E-state index contributed by atoms with van der Waals surface area (Å²) in [7, 11) is 0. The maximum Gasteiger partial charge on any atom is 0.163 e. The van der Waals surface area contributed by atoms with Crippen molar-refractivity contribution < 1.29 is 9.53 Å². The highest BCUT2D eigenvalue weighted by Gasteiger charge is 2.22. The summed E-state index contributed by atoms with van der Waals surface area (Å²) >= 11 is 0. The monoisotopic (exact) mass is 113 g/mol. The molecule has 2 heteroatoms. The molecule has 0 N–H and O–H groups in total. The zero-order valence-electron chi connectivity index (χ0n) is 4.72. The minimum absolute atomic E-state index is 0.0926. The zero-order chi connectivity index (χ0) is 5.98. The van der Waals surface area contributed by atoms with Crippen molar-refractivity contribution in [2.75, 3.05) is 13.2 Å². The maximum absolute atomic E-state index is 10.6. The minimum atomic E-state index is 0.0926. The van der Waals surface area contributed by atoms with Gasteiger partial charge in [-0.15, -0.1) is 0 Å². The van der Waals surface area contributed by atoms with Crippen LogP contribution in [0.3, 0.4) is 0 Å². The van der Waals surface area contributed by atoms with Crippen LogP contribution in [-0.4, -0.2) is 19.0 Å². The molecule has 0 saturated carbocycles. The molecule has 0 bridgehead atoms. The van der Waals surface area contributed by atoms with Crippen LogP contribution in [0.25, 0.3) is 0 Å². The first kappa shape index (κ1) is 5.76. The first-order chi connectivity index (χ1) is 3.84. The van der Waals surface area contributed by atoms with E-state index in [2.05, 4.69) is 6.92 Å². The molecule has 2 nitrogen and oxygen atoms in total. The average Bonchev–Trinajstić information content (AvgIpc) is 2.14. The lowest BCUT2D eigenvalue weighted by Crippen LogP contribution is -2.08. The molecule has 0 aromatic carbocycles. The third-order valence-corrected chi connectivity index (χ3v) is 1.37. The van der Waals surface area contributed by atoms with E-state index < -0.39 is 0 Å². The van der Waals surface area contributed by atoms with Crippen LogP contribution in [0.15, 0.2) is 0 Å². The second kappa shape index (κ2) is 2.27. The Balaban J connectivity index is 2.42. The van der Waals surface area contributed by atoms with Crippen molar-refractivity contribution in [3.05, 3.63) is 6.92 Å². The first-order valence-corrected chi connectivity index (χ1v) is 2.74. The van der Waals surface area contributed by atoms with Gasteiger partial charge in [0.25, 0.3) is 0 Å². The summed E-state index contributed by atoms with van der Waals surface area (Å²) in [5, 5.41) is 0. The second-order valence-corrected chi connectivity index (χ2v) is 1.97. The van der Waals surface area contributed by atoms with Crippen LogP contribution >= 0.6 is 0 Å². The molecule has 1 atom stereocenters.